The van der Waals surface area contributed by atoms with Gasteiger partial charge in [0.1, 0.15) is 0 Å². The van der Waals surface area contributed by atoms with Crippen LogP contribution in [0.25, 0.3) is 6.08 Å². The standard InChI is InChI=1S/C10H5F7O2S/c11-9(12,13)7-3-6(1-2-20(17,18)19)4-8(5-7)10(14,15)16/h1-5H. The lowest BCUT2D eigenvalue weighted by molar-refractivity contribution is -0.143. The summed E-state index contributed by atoms with van der Waals surface area (Å²) in [5.74, 6) is 0. The van der Waals surface area contributed by atoms with Gasteiger partial charge >= 0.3 is 22.6 Å². The highest BCUT2D eigenvalue weighted by atomic mass is 32.3. The number of halogens is 7. The van der Waals surface area contributed by atoms with Gasteiger partial charge in [0.05, 0.1) is 16.5 Å². The molecule has 0 saturated heterocycles. The molecule has 20 heavy (non-hydrogen) atoms. The quantitative estimate of drug-likeness (QED) is 0.609. The summed E-state index contributed by atoms with van der Waals surface area (Å²) in [5.41, 5.74) is -3.99. The van der Waals surface area contributed by atoms with E-state index in [4.69, 9.17) is 0 Å². The zero-order valence-corrected chi connectivity index (χ0v) is 10.1. The summed E-state index contributed by atoms with van der Waals surface area (Å²) in [5, 5.41) is -0.136. The number of alkyl halides is 6. The first-order chi connectivity index (χ1) is 8.79. The van der Waals surface area contributed by atoms with Gasteiger partial charge in [-0.05, 0) is 29.8 Å². The lowest BCUT2D eigenvalue weighted by Gasteiger charge is -2.12. The van der Waals surface area contributed by atoms with Gasteiger partial charge in [-0.25, -0.2) is 0 Å². The number of rotatable bonds is 2. The minimum atomic E-state index is -5.16. The Balaban J connectivity index is 3.43. The normalized spacial score (nSPS) is 13.9. The third-order valence-corrected chi connectivity index (χ3v) is 2.49. The molecule has 0 unspecified atom stereocenters. The lowest BCUT2D eigenvalue weighted by Crippen LogP contribution is -2.11. The van der Waals surface area contributed by atoms with Crippen LogP contribution in [-0.4, -0.2) is 8.42 Å². The summed E-state index contributed by atoms with van der Waals surface area (Å²) in [6, 6.07) is 0.426. The molecule has 112 valence electrons. The van der Waals surface area contributed by atoms with Gasteiger partial charge in [0, 0.05) is 0 Å². The van der Waals surface area contributed by atoms with E-state index in [9.17, 15) is 38.6 Å². The van der Waals surface area contributed by atoms with E-state index < -0.39 is 39.3 Å². The van der Waals surface area contributed by atoms with Crippen molar-refractivity contribution in [2.75, 3.05) is 0 Å². The second-order valence-corrected chi connectivity index (χ2v) is 4.84. The Kier molecular flexibility index (Phi) is 4.18. The van der Waals surface area contributed by atoms with Crippen LogP contribution < -0.4 is 0 Å². The van der Waals surface area contributed by atoms with E-state index in [-0.39, 0.29) is 23.6 Å². The van der Waals surface area contributed by atoms with Crippen LogP contribution in [0.15, 0.2) is 23.6 Å². The summed E-state index contributed by atoms with van der Waals surface area (Å²) in [4.78, 5) is 0. The highest BCUT2D eigenvalue weighted by Crippen LogP contribution is 2.36. The largest absolute Gasteiger partial charge is 0.416 e. The van der Waals surface area contributed by atoms with Crippen molar-refractivity contribution in [1.29, 1.82) is 0 Å². The third kappa shape index (κ3) is 4.83. The van der Waals surface area contributed by atoms with Crippen LogP contribution in [0, 0.1) is 0 Å². The Morgan fingerprint density at radius 2 is 1.25 bits per heavy atom. The van der Waals surface area contributed by atoms with E-state index in [1.165, 1.54) is 0 Å². The highest BCUT2D eigenvalue weighted by Gasteiger charge is 2.36. The molecule has 0 spiro atoms. The van der Waals surface area contributed by atoms with Crippen molar-refractivity contribution in [3.8, 4) is 0 Å². The maximum absolute atomic E-state index is 12.4. The van der Waals surface area contributed by atoms with Gasteiger partial charge in [0.15, 0.2) is 0 Å². The molecular formula is C10H5F7O2S. The van der Waals surface area contributed by atoms with Gasteiger partial charge < -0.3 is 0 Å². The first-order valence-corrected chi connectivity index (χ1v) is 6.16. The summed E-state index contributed by atoms with van der Waals surface area (Å²) in [6.07, 6.45) is -9.81. The van der Waals surface area contributed by atoms with Crippen molar-refractivity contribution < 1.29 is 38.6 Å². The molecule has 0 aliphatic heterocycles. The van der Waals surface area contributed by atoms with E-state index in [2.05, 4.69) is 0 Å². The van der Waals surface area contributed by atoms with Gasteiger partial charge in [-0.3, -0.25) is 0 Å². The van der Waals surface area contributed by atoms with Crippen LogP contribution in [0.3, 0.4) is 0 Å². The second-order valence-electron chi connectivity index (χ2n) is 3.62. The molecule has 0 radical (unpaired) electrons. The highest BCUT2D eigenvalue weighted by molar-refractivity contribution is 7.89. The fourth-order valence-corrected chi connectivity index (χ4v) is 1.55. The van der Waals surface area contributed by atoms with E-state index in [0.29, 0.717) is 6.08 Å². The molecule has 0 heterocycles. The molecule has 1 rings (SSSR count). The fourth-order valence-electron chi connectivity index (χ4n) is 1.24. The van der Waals surface area contributed by atoms with Gasteiger partial charge in [-0.1, -0.05) is 0 Å². The van der Waals surface area contributed by atoms with Gasteiger partial charge in [-0.15, -0.1) is 3.89 Å². The smallest absolute Gasteiger partial charge is 0.190 e. The van der Waals surface area contributed by atoms with Crippen LogP contribution in [0.5, 0.6) is 0 Å². The Hall–Kier alpha value is -1.58. The average Bonchev–Trinajstić information content (AvgIpc) is 2.22. The molecule has 0 fully saturated rings. The SMILES string of the molecule is O=S(=O)(F)C=Cc1cc(C(F)(F)F)cc(C(F)(F)F)c1. The molecule has 0 N–H and O–H groups in total. The zero-order chi connectivity index (χ0) is 15.8. The van der Waals surface area contributed by atoms with Gasteiger partial charge in [0.25, 0.3) is 0 Å². The summed E-state index contributed by atoms with van der Waals surface area (Å²) >= 11 is 0. The average molecular weight is 322 g/mol. The molecule has 2 nitrogen and oxygen atoms in total. The summed E-state index contributed by atoms with van der Waals surface area (Å²) in [6.45, 7) is 0. The lowest BCUT2D eigenvalue weighted by atomic mass is 10.0. The minimum Gasteiger partial charge on any atom is -0.190 e. The van der Waals surface area contributed by atoms with Crippen molar-refractivity contribution in [2.45, 2.75) is 12.4 Å². The summed E-state index contributed by atoms with van der Waals surface area (Å²) < 4.78 is 107. The van der Waals surface area contributed by atoms with E-state index in [1.807, 2.05) is 0 Å². The van der Waals surface area contributed by atoms with Gasteiger partial charge in [0.2, 0.25) is 0 Å². The second kappa shape index (κ2) is 5.08. The van der Waals surface area contributed by atoms with Crippen molar-refractivity contribution in [3.05, 3.63) is 40.3 Å². The first kappa shape index (κ1) is 16.5. The van der Waals surface area contributed by atoms with Crippen molar-refractivity contribution in [3.63, 3.8) is 0 Å². The maximum Gasteiger partial charge on any atom is 0.416 e. The topological polar surface area (TPSA) is 34.1 Å². The van der Waals surface area contributed by atoms with Crippen LogP contribution in [0.4, 0.5) is 30.2 Å². The predicted molar refractivity (Wildman–Crippen MR) is 55.5 cm³/mol. The van der Waals surface area contributed by atoms with E-state index >= 15 is 0 Å². The van der Waals surface area contributed by atoms with Crippen LogP contribution in [-0.2, 0) is 22.6 Å². The van der Waals surface area contributed by atoms with Crippen LogP contribution in [0.1, 0.15) is 16.7 Å². The molecule has 0 bridgehead atoms. The molecule has 0 aromatic heterocycles. The zero-order valence-electron chi connectivity index (χ0n) is 9.26. The van der Waals surface area contributed by atoms with Crippen molar-refractivity contribution in [1.82, 2.24) is 0 Å². The Morgan fingerprint density at radius 1 is 0.850 bits per heavy atom. The molecule has 1 aromatic rings. The fraction of sp³-hybridized carbons (Fsp3) is 0.200. The third-order valence-electron chi connectivity index (χ3n) is 2.03. The monoisotopic (exact) mass is 322 g/mol. The summed E-state index contributed by atoms with van der Waals surface area (Å²) in [7, 11) is -5.16. The number of hydrogen-bond acceptors (Lipinski definition) is 2. The molecule has 0 aliphatic carbocycles. The van der Waals surface area contributed by atoms with Crippen LogP contribution in [0.2, 0.25) is 0 Å². The van der Waals surface area contributed by atoms with Crippen molar-refractivity contribution in [2.24, 2.45) is 0 Å². The molecule has 0 aliphatic rings. The minimum absolute atomic E-state index is 0.124. The number of hydrogen-bond donors (Lipinski definition) is 0. The molecule has 10 heteroatoms. The molecule has 1 aromatic carbocycles. The maximum atomic E-state index is 12.4. The molecule has 0 amide bonds. The molecule has 0 atom stereocenters. The first-order valence-electron chi connectivity index (χ1n) is 4.71. The Morgan fingerprint density at radius 3 is 1.55 bits per heavy atom. The van der Waals surface area contributed by atoms with Crippen LogP contribution >= 0.6 is 0 Å². The Labute approximate surface area is 108 Å². The Bertz CT molecular complexity index is 594. The van der Waals surface area contributed by atoms with E-state index in [0.717, 1.165) is 0 Å². The molecular weight excluding hydrogens is 317 g/mol. The van der Waals surface area contributed by atoms with Crippen molar-refractivity contribution >= 4 is 16.3 Å². The predicted octanol–water partition coefficient (Wildman–Crippen LogP) is 3.99. The van der Waals surface area contributed by atoms with Gasteiger partial charge in [-0.2, -0.15) is 34.8 Å². The van der Waals surface area contributed by atoms with E-state index in [1.54, 1.807) is 0 Å². The number of benzene rings is 1. The molecule has 0 saturated carbocycles.